The van der Waals surface area contributed by atoms with Gasteiger partial charge in [-0.25, -0.2) is 0 Å². The third-order valence-corrected chi connectivity index (χ3v) is 3.79. The van der Waals surface area contributed by atoms with Gasteiger partial charge in [-0.3, -0.25) is 9.78 Å². The number of hydrogen-bond acceptors (Lipinski definition) is 4. The van der Waals surface area contributed by atoms with Gasteiger partial charge in [-0.1, -0.05) is 6.07 Å². The van der Waals surface area contributed by atoms with Crippen LogP contribution < -0.4 is 5.32 Å². The van der Waals surface area contributed by atoms with E-state index in [0.29, 0.717) is 11.6 Å². The molecule has 0 saturated heterocycles. The predicted octanol–water partition coefficient (Wildman–Crippen LogP) is 1.73. The van der Waals surface area contributed by atoms with E-state index in [9.17, 15) is 18.0 Å². The van der Waals surface area contributed by atoms with Crippen LogP contribution in [0.15, 0.2) is 24.4 Å². The molecular weight excluding hydrogens is 311 g/mol. The third kappa shape index (κ3) is 3.33. The Bertz CT molecular complexity index is 698. The second kappa shape index (κ2) is 5.98. The molecule has 0 bridgehead atoms. The molecule has 23 heavy (non-hydrogen) atoms. The molecule has 1 N–H and O–H groups in total. The molecule has 0 spiro atoms. The van der Waals surface area contributed by atoms with E-state index in [4.69, 9.17) is 0 Å². The first kappa shape index (κ1) is 15.4. The molecule has 1 aliphatic heterocycles. The van der Waals surface area contributed by atoms with Crippen LogP contribution in [-0.4, -0.2) is 31.8 Å². The number of nitrogens with zero attached hydrogens (tertiary/aromatic N) is 4. The number of nitrogens with one attached hydrogen (secondary N) is 1. The maximum atomic E-state index is 12.9. The summed E-state index contributed by atoms with van der Waals surface area (Å²) in [4.78, 5) is 15.8. The Morgan fingerprint density at radius 2 is 2.17 bits per heavy atom. The summed E-state index contributed by atoms with van der Waals surface area (Å²) in [5.41, 5.74) is 0.235. The fourth-order valence-electron chi connectivity index (χ4n) is 2.53. The van der Waals surface area contributed by atoms with E-state index in [1.54, 1.807) is 18.2 Å². The minimum Gasteiger partial charge on any atom is -0.343 e. The van der Waals surface area contributed by atoms with Crippen molar-refractivity contribution >= 4 is 5.91 Å². The highest BCUT2D eigenvalue weighted by Crippen LogP contribution is 2.34. The fraction of sp³-hybridized carbons (Fsp3) is 0.429. The Morgan fingerprint density at radius 1 is 1.35 bits per heavy atom. The molecule has 1 unspecified atom stereocenters. The molecular formula is C14H14F3N5O. The topological polar surface area (TPSA) is 72.7 Å². The van der Waals surface area contributed by atoms with Crippen molar-refractivity contribution in [1.82, 2.24) is 25.1 Å². The first-order valence-corrected chi connectivity index (χ1v) is 7.12. The van der Waals surface area contributed by atoms with Crippen molar-refractivity contribution in [3.63, 3.8) is 0 Å². The number of carbonyl (C=O) groups excluding carboxylic acids is 1. The molecule has 1 aliphatic rings. The van der Waals surface area contributed by atoms with Gasteiger partial charge in [0, 0.05) is 19.2 Å². The molecule has 0 aromatic carbocycles. The van der Waals surface area contributed by atoms with Gasteiger partial charge in [0.15, 0.2) is 5.82 Å². The van der Waals surface area contributed by atoms with Crippen molar-refractivity contribution in [2.24, 2.45) is 5.92 Å². The lowest BCUT2D eigenvalue weighted by Crippen LogP contribution is -2.34. The van der Waals surface area contributed by atoms with Crippen LogP contribution in [0.3, 0.4) is 0 Å². The highest BCUT2D eigenvalue weighted by molar-refractivity contribution is 5.92. The third-order valence-electron chi connectivity index (χ3n) is 3.79. The normalized spacial score (nSPS) is 17.6. The summed E-state index contributed by atoms with van der Waals surface area (Å²) in [5.74, 6) is -0.979. The zero-order valence-electron chi connectivity index (χ0n) is 12.0. The maximum Gasteiger partial charge on any atom is 0.393 e. The molecule has 3 rings (SSSR count). The molecule has 9 heteroatoms. The lowest BCUT2D eigenvalue weighted by molar-refractivity contribution is -0.182. The number of amides is 1. The molecule has 122 valence electrons. The van der Waals surface area contributed by atoms with Crippen LogP contribution in [0.2, 0.25) is 0 Å². The zero-order valence-corrected chi connectivity index (χ0v) is 12.0. The number of aromatic nitrogens is 4. The van der Waals surface area contributed by atoms with Crippen molar-refractivity contribution < 1.29 is 18.0 Å². The lowest BCUT2D eigenvalue weighted by Gasteiger charge is -2.26. The molecule has 1 amide bonds. The monoisotopic (exact) mass is 325 g/mol. The molecule has 6 nitrogen and oxygen atoms in total. The Hall–Kier alpha value is -2.45. The fourth-order valence-corrected chi connectivity index (χ4v) is 2.53. The van der Waals surface area contributed by atoms with Crippen molar-refractivity contribution in [3.8, 4) is 0 Å². The quantitative estimate of drug-likeness (QED) is 0.933. The summed E-state index contributed by atoms with van der Waals surface area (Å²) in [6.07, 6.45) is -2.51. The molecule has 0 fully saturated rings. The molecule has 0 radical (unpaired) electrons. The van der Waals surface area contributed by atoms with Gasteiger partial charge in [0.2, 0.25) is 0 Å². The van der Waals surface area contributed by atoms with Gasteiger partial charge < -0.3 is 9.88 Å². The highest BCUT2D eigenvalue weighted by atomic mass is 19.4. The standard InChI is InChI=1S/C14H14F3N5O/c15-14(16,17)9-4-5-11-20-21-12(22(11)8-9)7-19-13(23)10-3-1-2-6-18-10/h1-3,6,9H,4-5,7-8H2,(H,19,23). The Morgan fingerprint density at radius 3 is 2.87 bits per heavy atom. The number of alkyl halides is 3. The summed E-state index contributed by atoms with van der Waals surface area (Å²) < 4.78 is 40.1. The second-order valence-electron chi connectivity index (χ2n) is 5.32. The van der Waals surface area contributed by atoms with Gasteiger partial charge in [0.1, 0.15) is 11.5 Å². The smallest absolute Gasteiger partial charge is 0.343 e. The van der Waals surface area contributed by atoms with Crippen molar-refractivity contribution in [3.05, 3.63) is 41.7 Å². The molecule has 2 aromatic heterocycles. The number of halogens is 3. The van der Waals surface area contributed by atoms with Crippen molar-refractivity contribution in [2.45, 2.75) is 32.1 Å². The van der Waals surface area contributed by atoms with E-state index in [2.05, 4.69) is 20.5 Å². The number of carbonyl (C=O) groups is 1. The lowest BCUT2D eigenvalue weighted by atomic mass is 9.99. The first-order valence-electron chi connectivity index (χ1n) is 7.12. The predicted molar refractivity (Wildman–Crippen MR) is 73.3 cm³/mol. The van der Waals surface area contributed by atoms with E-state index in [-0.39, 0.29) is 31.6 Å². The highest BCUT2D eigenvalue weighted by Gasteiger charge is 2.42. The number of hydrogen-bond donors (Lipinski definition) is 1. The first-order chi connectivity index (χ1) is 10.9. The molecule has 2 aromatic rings. The van der Waals surface area contributed by atoms with Crippen LogP contribution in [0.5, 0.6) is 0 Å². The van der Waals surface area contributed by atoms with Gasteiger partial charge >= 0.3 is 6.18 Å². The Labute approximate surface area is 129 Å². The Balaban J connectivity index is 1.69. The van der Waals surface area contributed by atoms with Gasteiger partial charge in [-0.2, -0.15) is 13.2 Å². The van der Waals surface area contributed by atoms with Crippen LogP contribution in [0.25, 0.3) is 0 Å². The molecule has 0 aliphatic carbocycles. The zero-order chi connectivity index (χ0) is 16.4. The minimum absolute atomic E-state index is 0.00693. The molecule has 1 atom stereocenters. The van der Waals surface area contributed by atoms with Crippen LogP contribution >= 0.6 is 0 Å². The van der Waals surface area contributed by atoms with E-state index in [1.165, 1.54) is 10.8 Å². The van der Waals surface area contributed by atoms with Gasteiger partial charge in [0.25, 0.3) is 5.91 Å². The summed E-state index contributed by atoms with van der Waals surface area (Å²) in [6, 6.07) is 4.91. The van der Waals surface area contributed by atoms with Crippen LogP contribution in [0.4, 0.5) is 13.2 Å². The van der Waals surface area contributed by atoms with E-state index in [1.807, 2.05) is 0 Å². The average Bonchev–Trinajstić information content (AvgIpc) is 2.95. The van der Waals surface area contributed by atoms with Gasteiger partial charge in [-0.05, 0) is 18.6 Å². The summed E-state index contributed by atoms with van der Waals surface area (Å²) in [6.45, 7) is -0.201. The average molecular weight is 325 g/mol. The summed E-state index contributed by atoms with van der Waals surface area (Å²) in [7, 11) is 0. The maximum absolute atomic E-state index is 12.9. The molecule has 3 heterocycles. The van der Waals surface area contributed by atoms with E-state index in [0.717, 1.165) is 0 Å². The SMILES string of the molecule is O=C(NCc1nnc2n1CC(C(F)(F)F)CC2)c1ccccn1. The number of aryl methyl sites for hydroxylation is 1. The second-order valence-corrected chi connectivity index (χ2v) is 5.32. The van der Waals surface area contributed by atoms with Crippen LogP contribution in [-0.2, 0) is 19.5 Å². The van der Waals surface area contributed by atoms with Gasteiger partial charge in [0.05, 0.1) is 12.5 Å². The minimum atomic E-state index is -4.24. The largest absolute Gasteiger partial charge is 0.393 e. The summed E-state index contributed by atoms with van der Waals surface area (Å²) >= 11 is 0. The van der Waals surface area contributed by atoms with Gasteiger partial charge in [-0.15, -0.1) is 10.2 Å². The summed E-state index contributed by atoms with van der Waals surface area (Å²) in [5, 5.41) is 10.4. The van der Waals surface area contributed by atoms with Crippen molar-refractivity contribution in [2.75, 3.05) is 0 Å². The van der Waals surface area contributed by atoms with Crippen LogP contribution in [0.1, 0.15) is 28.6 Å². The van der Waals surface area contributed by atoms with Crippen molar-refractivity contribution in [1.29, 1.82) is 0 Å². The molecule has 0 saturated carbocycles. The number of rotatable bonds is 3. The number of pyridine rings is 1. The van der Waals surface area contributed by atoms with E-state index < -0.39 is 18.0 Å². The number of fused-ring (bicyclic) bond motifs is 1. The Kier molecular flexibility index (Phi) is 4.01. The van der Waals surface area contributed by atoms with Crippen LogP contribution in [0, 0.1) is 5.92 Å². The van der Waals surface area contributed by atoms with E-state index >= 15 is 0 Å².